The summed E-state index contributed by atoms with van der Waals surface area (Å²) in [4.78, 5) is 3.14. The molecule has 0 fully saturated rings. The first-order chi connectivity index (χ1) is 6.33. The predicted molar refractivity (Wildman–Crippen MR) is 61.7 cm³/mol. The highest BCUT2D eigenvalue weighted by molar-refractivity contribution is 5.64. The maximum Gasteiger partial charge on any atom is 0.0450 e. The van der Waals surface area contributed by atoms with E-state index in [2.05, 4.69) is 25.1 Å². The van der Waals surface area contributed by atoms with E-state index in [9.17, 15) is 0 Å². The number of aromatic nitrogens is 1. The van der Waals surface area contributed by atoms with Crippen LogP contribution in [0, 0.1) is 0 Å². The average molecular weight is 177 g/mol. The number of hydrogen-bond donors (Lipinski definition) is 1. The van der Waals surface area contributed by atoms with Crippen LogP contribution in [0.4, 0.5) is 0 Å². The third-order valence-corrected chi connectivity index (χ3v) is 1.83. The minimum absolute atomic E-state index is 1.03. The molecule has 1 aromatic heterocycles. The fraction of sp³-hybridized carbons (Fsp3) is 0.333. The number of H-pyrrole nitrogens is 1. The molecule has 1 heterocycles. The number of hydrogen-bond acceptors (Lipinski definition) is 0. The van der Waals surface area contributed by atoms with Gasteiger partial charge in [0.05, 0.1) is 0 Å². The highest BCUT2D eigenvalue weighted by Gasteiger charge is 2.02. The second-order valence-electron chi connectivity index (χ2n) is 2.40. The molecule has 0 amide bonds. The Balaban J connectivity index is 0.000000671. The van der Waals surface area contributed by atoms with Crippen molar-refractivity contribution >= 4 is 12.2 Å². The van der Waals surface area contributed by atoms with Gasteiger partial charge >= 0.3 is 0 Å². The van der Waals surface area contributed by atoms with Gasteiger partial charge in [-0.3, -0.25) is 0 Å². The third-order valence-electron chi connectivity index (χ3n) is 1.83. The molecule has 0 aromatic carbocycles. The highest BCUT2D eigenvalue weighted by atomic mass is 14.7. The van der Waals surface area contributed by atoms with Crippen molar-refractivity contribution in [2.75, 3.05) is 0 Å². The summed E-state index contributed by atoms with van der Waals surface area (Å²) in [6.07, 6.45) is 6.72. The summed E-state index contributed by atoms with van der Waals surface area (Å²) in [7, 11) is 0. The zero-order valence-electron chi connectivity index (χ0n) is 8.85. The lowest BCUT2D eigenvalue weighted by molar-refractivity contribution is 1.14. The van der Waals surface area contributed by atoms with Crippen LogP contribution in [0.1, 0.15) is 37.6 Å². The molecule has 1 rings (SSSR count). The molecule has 72 valence electrons. The fourth-order valence-corrected chi connectivity index (χ4v) is 1.20. The lowest BCUT2D eigenvalue weighted by Crippen LogP contribution is -1.79. The van der Waals surface area contributed by atoms with Gasteiger partial charge in [0.15, 0.2) is 0 Å². The molecule has 0 unspecified atom stereocenters. The molecule has 0 aliphatic heterocycles. The first kappa shape index (κ1) is 11.8. The van der Waals surface area contributed by atoms with Crippen molar-refractivity contribution in [3.05, 3.63) is 36.2 Å². The maximum atomic E-state index is 3.75. The van der Waals surface area contributed by atoms with Crippen molar-refractivity contribution in [3.8, 4) is 0 Å². The summed E-state index contributed by atoms with van der Waals surface area (Å²) in [6.45, 7) is 13.6. The average Bonchev–Trinajstić information content (AvgIpc) is 2.62. The minimum atomic E-state index is 1.03. The molecule has 0 bridgehead atoms. The maximum absolute atomic E-state index is 3.75. The van der Waals surface area contributed by atoms with Crippen molar-refractivity contribution in [2.24, 2.45) is 0 Å². The molecule has 0 aliphatic rings. The first-order valence-corrected chi connectivity index (χ1v) is 4.78. The lowest BCUT2D eigenvalue weighted by atomic mass is 10.1. The largest absolute Gasteiger partial charge is 0.361 e. The molecule has 1 aromatic rings. The second-order valence-corrected chi connectivity index (χ2v) is 2.40. The van der Waals surface area contributed by atoms with E-state index in [4.69, 9.17) is 0 Å². The Bertz CT molecular complexity index is 269. The Labute approximate surface area is 81.2 Å². The van der Waals surface area contributed by atoms with Crippen molar-refractivity contribution in [2.45, 2.75) is 27.2 Å². The van der Waals surface area contributed by atoms with Crippen LogP contribution < -0.4 is 0 Å². The predicted octanol–water partition coefficient (Wildman–Crippen LogP) is 3.89. The van der Waals surface area contributed by atoms with E-state index in [0.717, 1.165) is 12.1 Å². The van der Waals surface area contributed by atoms with E-state index in [1.54, 1.807) is 0 Å². The molecule has 1 heteroatoms. The number of rotatable bonds is 3. The van der Waals surface area contributed by atoms with E-state index in [1.807, 2.05) is 32.2 Å². The molecular weight excluding hydrogens is 158 g/mol. The van der Waals surface area contributed by atoms with Crippen LogP contribution in [0.15, 0.2) is 19.4 Å². The second kappa shape index (κ2) is 6.30. The summed E-state index contributed by atoms with van der Waals surface area (Å²) in [5.74, 6) is 0. The van der Waals surface area contributed by atoms with E-state index < -0.39 is 0 Å². The van der Waals surface area contributed by atoms with E-state index in [1.165, 1.54) is 11.1 Å². The normalized spacial score (nSPS) is 8.54. The molecule has 0 saturated carbocycles. The Morgan fingerprint density at radius 2 is 1.92 bits per heavy atom. The van der Waals surface area contributed by atoms with Gasteiger partial charge in [0.1, 0.15) is 0 Å². The molecule has 0 spiro atoms. The summed E-state index contributed by atoms with van der Waals surface area (Å²) in [5.41, 5.74) is 3.55. The van der Waals surface area contributed by atoms with Gasteiger partial charge < -0.3 is 4.98 Å². The molecule has 0 radical (unpaired) electrons. The smallest absolute Gasteiger partial charge is 0.0450 e. The molecule has 13 heavy (non-hydrogen) atoms. The van der Waals surface area contributed by atoms with Crippen LogP contribution in [-0.4, -0.2) is 4.98 Å². The van der Waals surface area contributed by atoms with Gasteiger partial charge in [-0.25, -0.2) is 0 Å². The van der Waals surface area contributed by atoms with Gasteiger partial charge in [0, 0.05) is 17.5 Å². The Morgan fingerprint density at radius 3 is 2.31 bits per heavy atom. The van der Waals surface area contributed by atoms with Crippen LogP contribution in [0.2, 0.25) is 0 Å². The van der Waals surface area contributed by atoms with E-state index in [-0.39, 0.29) is 0 Å². The number of aromatic amines is 1. The molecular formula is C12H19N. The zero-order valence-corrected chi connectivity index (χ0v) is 8.85. The molecule has 1 nitrogen and oxygen atoms in total. The van der Waals surface area contributed by atoms with Gasteiger partial charge in [0.2, 0.25) is 0 Å². The fourth-order valence-electron chi connectivity index (χ4n) is 1.20. The van der Waals surface area contributed by atoms with Crippen LogP contribution in [-0.2, 0) is 6.42 Å². The summed E-state index contributed by atoms with van der Waals surface area (Å²) < 4.78 is 0. The van der Waals surface area contributed by atoms with E-state index >= 15 is 0 Å². The number of nitrogens with one attached hydrogen (secondary N) is 1. The first-order valence-electron chi connectivity index (χ1n) is 4.78. The zero-order chi connectivity index (χ0) is 10.3. The standard InChI is InChI=1S/C10H13N.C2H6/c1-4-8-7-11-10(6-3)9(8)5-2;1-2/h5-7,11H,2-4H2,1H3;1-2H3. The highest BCUT2D eigenvalue weighted by Crippen LogP contribution is 2.16. The van der Waals surface area contributed by atoms with Crippen LogP contribution >= 0.6 is 0 Å². The summed E-state index contributed by atoms with van der Waals surface area (Å²) in [6, 6.07) is 0. The third kappa shape index (κ3) is 2.62. The molecule has 0 aliphatic carbocycles. The van der Waals surface area contributed by atoms with Crippen LogP contribution in [0.25, 0.3) is 12.2 Å². The monoisotopic (exact) mass is 177 g/mol. The minimum Gasteiger partial charge on any atom is -0.361 e. The Hall–Kier alpha value is -1.24. The number of aryl methyl sites for hydroxylation is 1. The van der Waals surface area contributed by atoms with Gasteiger partial charge in [0.25, 0.3) is 0 Å². The summed E-state index contributed by atoms with van der Waals surface area (Å²) in [5, 5.41) is 0. The Kier molecular flexibility index (Phi) is 5.69. The van der Waals surface area contributed by atoms with Crippen LogP contribution in [0.5, 0.6) is 0 Å². The van der Waals surface area contributed by atoms with Crippen molar-refractivity contribution in [1.82, 2.24) is 4.98 Å². The molecule has 0 saturated heterocycles. The molecule has 0 atom stereocenters. The van der Waals surface area contributed by atoms with Gasteiger partial charge in [-0.1, -0.05) is 40.0 Å². The molecule has 1 N–H and O–H groups in total. The van der Waals surface area contributed by atoms with E-state index in [0.29, 0.717) is 0 Å². The van der Waals surface area contributed by atoms with Crippen LogP contribution in [0.3, 0.4) is 0 Å². The quantitative estimate of drug-likeness (QED) is 0.721. The van der Waals surface area contributed by atoms with Crippen molar-refractivity contribution in [1.29, 1.82) is 0 Å². The van der Waals surface area contributed by atoms with Gasteiger partial charge in [-0.05, 0) is 18.1 Å². The summed E-state index contributed by atoms with van der Waals surface area (Å²) >= 11 is 0. The van der Waals surface area contributed by atoms with Gasteiger partial charge in [-0.2, -0.15) is 0 Å². The lowest BCUT2D eigenvalue weighted by Gasteiger charge is -1.94. The SMILES string of the molecule is C=Cc1[nH]cc(CC)c1C=C.CC. The van der Waals surface area contributed by atoms with Crippen molar-refractivity contribution < 1.29 is 0 Å². The van der Waals surface area contributed by atoms with Gasteiger partial charge in [-0.15, -0.1) is 0 Å². The van der Waals surface area contributed by atoms with Crippen molar-refractivity contribution in [3.63, 3.8) is 0 Å². The topological polar surface area (TPSA) is 15.8 Å². The Morgan fingerprint density at radius 1 is 1.31 bits per heavy atom.